The predicted molar refractivity (Wildman–Crippen MR) is 67.2 cm³/mol. The second-order valence-corrected chi connectivity index (χ2v) is 4.02. The summed E-state index contributed by atoms with van der Waals surface area (Å²) in [4.78, 5) is 16.5. The summed E-state index contributed by atoms with van der Waals surface area (Å²) in [6, 6.07) is 7.17. The number of hydrogen-bond donors (Lipinski definition) is 2. The second kappa shape index (κ2) is 5.25. The molecule has 1 aromatic carbocycles. The molecular weight excluding hydrogens is 232 g/mol. The fraction of sp³-hybridized carbons (Fsp3) is 0.250. The highest BCUT2D eigenvalue weighted by atomic mass is 16.4. The van der Waals surface area contributed by atoms with Crippen LogP contribution >= 0.6 is 0 Å². The summed E-state index contributed by atoms with van der Waals surface area (Å²) in [5.41, 5.74) is 10.4. The van der Waals surface area contributed by atoms with Gasteiger partial charge in [0.05, 0.1) is 12.5 Å². The molecule has 0 saturated heterocycles. The van der Waals surface area contributed by atoms with E-state index < -0.39 is 12.0 Å². The highest BCUT2D eigenvalue weighted by Crippen LogP contribution is 2.20. The molecule has 1 aromatic heterocycles. The normalized spacial score (nSPS) is 12.0. The molecule has 92 valence electrons. The van der Waals surface area contributed by atoms with Crippen LogP contribution in [0.25, 0.3) is 21.3 Å². The molecule has 0 amide bonds. The number of carboxylic acids is 1. The Kier molecular flexibility index (Phi) is 3.50. The first kappa shape index (κ1) is 12.0. The number of hydrogen-bond acceptors (Lipinski definition) is 2. The first-order valence-corrected chi connectivity index (χ1v) is 5.51. The average molecular weight is 244 g/mol. The SMILES string of the molecule is [N-]=[N+]=NC(CC(=O)O)Cc1c[nH]c2ccccc12. The van der Waals surface area contributed by atoms with Crippen molar-refractivity contribution in [3.8, 4) is 0 Å². The molecule has 0 aliphatic carbocycles. The van der Waals surface area contributed by atoms with Crippen LogP contribution in [0.1, 0.15) is 12.0 Å². The van der Waals surface area contributed by atoms with Crippen molar-refractivity contribution in [2.45, 2.75) is 18.9 Å². The van der Waals surface area contributed by atoms with E-state index in [1.54, 1.807) is 0 Å². The molecular formula is C12H12N4O2. The van der Waals surface area contributed by atoms with E-state index in [0.717, 1.165) is 16.5 Å². The van der Waals surface area contributed by atoms with Gasteiger partial charge in [-0.3, -0.25) is 4.79 Å². The highest BCUT2D eigenvalue weighted by molar-refractivity contribution is 5.83. The van der Waals surface area contributed by atoms with Gasteiger partial charge in [-0.2, -0.15) is 0 Å². The average Bonchev–Trinajstić information content (AvgIpc) is 2.72. The summed E-state index contributed by atoms with van der Waals surface area (Å²) < 4.78 is 0. The van der Waals surface area contributed by atoms with Crippen LogP contribution < -0.4 is 0 Å². The van der Waals surface area contributed by atoms with Crippen molar-refractivity contribution in [2.24, 2.45) is 5.11 Å². The number of carbonyl (C=O) groups is 1. The maximum absolute atomic E-state index is 10.7. The summed E-state index contributed by atoms with van der Waals surface area (Å²) in [5, 5.41) is 13.3. The molecule has 0 aliphatic heterocycles. The largest absolute Gasteiger partial charge is 0.481 e. The third-order valence-corrected chi connectivity index (χ3v) is 2.76. The molecule has 6 nitrogen and oxygen atoms in total. The van der Waals surface area contributed by atoms with Crippen LogP contribution in [0.15, 0.2) is 35.6 Å². The number of nitrogens with one attached hydrogen (secondary N) is 1. The van der Waals surface area contributed by atoms with Crippen molar-refractivity contribution in [1.29, 1.82) is 0 Å². The zero-order valence-electron chi connectivity index (χ0n) is 9.58. The fourth-order valence-electron chi connectivity index (χ4n) is 1.98. The van der Waals surface area contributed by atoms with Crippen LogP contribution in [0.5, 0.6) is 0 Å². The molecule has 0 saturated carbocycles. The number of azide groups is 1. The Balaban J connectivity index is 2.25. The minimum atomic E-state index is -0.966. The Hall–Kier alpha value is -2.46. The first-order chi connectivity index (χ1) is 8.70. The zero-order chi connectivity index (χ0) is 13.0. The van der Waals surface area contributed by atoms with Crippen molar-refractivity contribution < 1.29 is 9.90 Å². The lowest BCUT2D eigenvalue weighted by Gasteiger charge is -2.07. The lowest BCUT2D eigenvalue weighted by Crippen LogP contribution is -2.13. The number of aromatic nitrogens is 1. The van der Waals surface area contributed by atoms with Crippen molar-refractivity contribution in [3.05, 3.63) is 46.5 Å². The van der Waals surface area contributed by atoms with Crippen LogP contribution in [0, 0.1) is 0 Å². The van der Waals surface area contributed by atoms with Crippen LogP contribution in [0.4, 0.5) is 0 Å². The lowest BCUT2D eigenvalue weighted by atomic mass is 10.0. The molecule has 2 N–H and O–H groups in total. The van der Waals surface area contributed by atoms with Gasteiger partial charge in [0.25, 0.3) is 0 Å². The smallest absolute Gasteiger partial charge is 0.303 e. The van der Waals surface area contributed by atoms with E-state index in [1.807, 2.05) is 30.5 Å². The van der Waals surface area contributed by atoms with E-state index in [4.69, 9.17) is 10.6 Å². The quantitative estimate of drug-likeness (QED) is 0.479. The molecule has 0 spiro atoms. The lowest BCUT2D eigenvalue weighted by molar-refractivity contribution is -0.137. The number of aliphatic carboxylic acids is 1. The molecule has 6 heteroatoms. The molecule has 2 aromatic rings. The number of nitrogens with zero attached hydrogens (tertiary/aromatic N) is 3. The van der Waals surface area contributed by atoms with Gasteiger partial charge in [0.15, 0.2) is 0 Å². The van der Waals surface area contributed by atoms with E-state index in [0.29, 0.717) is 6.42 Å². The third-order valence-electron chi connectivity index (χ3n) is 2.76. The summed E-state index contributed by atoms with van der Waals surface area (Å²) in [5.74, 6) is -0.966. The maximum Gasteiger partial charge on any atom is 0.303 e. The molecule has 1 heterocycles. The first-order valence-electron chi connectivity index (χ1n) is 5.51. The van der Waals surface area contributed by atoms with E-state index in [1.165, 1.54) is 0 Å². The van der Waals surface area contributed by atoms with Gasteiger partial charge in [-0.15, -0.1) is 0 Å². The van der Waals surface area contributed by atoms with Crippen molar-refractivity contribution >= 4 is 16.9 Å². The van der Waals surface area contributed by atoms with Crippen molar-refractivity contribution in [1.82, 2.24) is 4.98 Å². The van der Waals surface area contributed by atoms with Gasteiger partial charge in [-0.25, -0.2) is 0 Å². The summed E-state index contributed by atoms with van der Waals surface area (Å²) in [7, 11) is 0. The Morgan fingerprint density at radius 3 is 3.00 bits per heavy atom. The van der Waals surface area contributed by atoms with Crippen LogP contribution in [0.2, 0.25) is 0 Å². The molecule has 0 bridgehead atoms. The van der Waals surface area contributed by atoms with Crippen molar-refractivity contribution in [2.75, 3.05) is 0 Å². The fourth-order valence-corrected chi connectivity index (χ4v) is 1.98. The van der Waals surface area contributed by atoms with E-state index in [-0.39, 0.29) is 6.42 Å². The van der Waals surface area contributed by atoms with Gasteiger partial charge >= 0.3 is 5.97 Å². The van der Waals surface area contributed by atoms with Crippen molar-refractivity contribution in [3.63, 3.8) is 0 Å². The monoisotopic (exact) mass is 244 g/mol. The minimum Gasteiger partial charge on any atom is -0.481 e. The van der Waals surface area contributed by atoms with E-state index in [2.05, 4.69) is 15.0 Å². The zero-order valence-corrected chi connectivity index (χ0v) is 9.58. The summed E-state index contributed by atoms with van der Waals surface area (Å²) >= 11 is 0. The van der Waals surface area contributed by atoms with Gasteiger partial charge in [0, 0.05) is 22.0 Å². The minimum absolute atomic E-state index is 0.163. The highest BCUT2D eigenvalue weighted by Gasteiger charge is 2.14. The standard InChI is InChI=1S/C12H12N4O2/c13-16-15-9(6-12(17)18)5-8-7-14-11-4-2-1-3-10(8)11/h1-4,7,9,14H,5-6H2,(H,17,18). The Bertz CT molecular complexity index is 613. The Labute approximate surface area is 103 Å². The van der Waals surface area contributed by atoms with Crippen LogP contribution in [-0.2, 0) is 11.2 Å². The topological polar surface area (TPSA) is 102 Å². The van der Waals surface area contributed by atoms with E-state index >= 15 is 0 Å². The number of para-hydroxylation sites is 1. The van der Waals surface area contributed by atoms with Gasteiger partial charge in [-0.1, -0.05) is 23.3 Å². The number of H-pyrrole nitrogens is 1. The molecule has 2 rings (SSSR count). The molecule has 0 fully saturated rings. The molecule has 0 aliphatic rings. The molecule has 1 unspecified atom stereocenters. The molecule has 18 heavy (non-hydrogen) atoms. The van der Waals surface area contributed by atoms with Crippen LogP contribution in [-0.4, -0.2) is 22.1 Å². The number of carboxylic acid groups (broad SMARTS) is 1. The number of fused-ring (bicyclic) bond motifs is 1. The Morgan fingerprint density at radius 2 is 2.28 bits per heavy atom. The van der Waals surface area contributed by atoms with Gasteiger partial charge in [0.1, 0.15) is 0 Å². The predicted octanol–water partition coefficient (Wildman–Crippen LogP) is 2.86. The Morgan fingerprint density at radius 1 is 1.50 bits per heavy atom. The molecule has 1 atom stereocenters. The summed E-state index contributed by atoms with van der Waals surface area (Å²) in [6.07, 6.45) is 2.08. The third kappa shape index (κ3) is 2.61. The number of rotatable bonds is 5. The van der Waals surface area contributed by atoms with Gasteiger partial charge in [0.2, 0.25) is 0 Å². The van der Waals surface area contributed by atoms with E-state index in [9.17, 15) is 4.79 Å². The number of aromatic amines is 1. The summed E-state index contributed by atoms with van der Waals surface area (Å²) in [6.45, 7) is 0. The second-order valence-electron chi connectivity index (χ2n) is 4.02. The van der Waals surface area contributed by atoms with Gasteiger partial charge in [-0.05, 0) is 23.6 Å². The number of benzene rings is 1. The van der Waals surface area contributed by atoms with Gasteiger partial charge < -0.3 is 10.1 Å². The maximum atomic E-state index is 10.7. The van der Waals surface area contributed by atoms with Crippen LogP contribution in [0.3, 0.4) is 0 Å². The molecule has 0 radical (unpaired) electrons.